The molecule has 0 aliphatic rings. The van der Waals surface area contributed by atoms with Gasteiger partial charge in [-0.25, -0.2) is 4.57 Å². The SMILES string of the molecule is C=C/C=C(\C=C)c1cc(CO)cc(COP(=O)(OC)OC)c1. The first kappa shape index (κ1) is 18.6. The molecular weight excluding hydrogens is 303 g/mol. The van der Waals surface area contributed by atoms with Gasteiger partial charge in [0, 0.05) is 14.2 Å². The van der Waals surface area contributed by atoms with E-state index in [1.807, 2.05) is 18.2 Å². The van der Waals surface area contributed by atoms with Crippen LogP contribution < -0.4 is 0 Å². The van der Waals surface area contributed by atoms with Gasteiger partial charge in [-0.1, -0.05) is 37.5 Å². The highest BCUT2D eigenvalue weighted by molar-refractivity contribution is 7.48. The van der Waals surface area contributed by atoms with Crippen LogP contribution in [-0.2, 0) is 31.4 Å². The number of rotatable bonds is 9. The summed E-state index contributed by atoms with van der Waals surface area (Å²) < 4.78 is 26.6. The molecule has 0 radical (unpaired) electrons. The molecule has 0 unspecified atom stereocenters. The number of hydrogen-bond acceptors (Lipinski definition) is 5. The minimum atomic E-state index is -3.54. The summed E-state index contributed by atoms with van der Waals surface area (Å²) in [5.41, 5.74) is 3.14. The summed E-state index contributed by atoms with van der Waals surface area (Å²) in [6, 6.07) is 5.45. The van der Waals surface area contributed by atoms with Crippen LogP contribution in [0.3, 0.4) is 0 Å². The van der Waals surface area contributed by atoms with Crippen molar-refractivity contribution in [1.29, 1.82) is 0 Å². The van der Waals surface area contributed by atoms with Crippen molar-refractivity contribution in [2.45, 2.75) is 13.2 Å². The molecule has 22 heavy (non-hydrogen) atoms. The average Bonchev–Trinajstić information content (AvgIpc) is 2.57. The molecule has 1 N–H and O–H groups in total. The van der Waals surface area contributed by atoms with Crippen molar-refractivity contribution in [1.82, 2.24) is 0 Å². The van der Waals surface area contributed by atoms with Gasteiger partial charge in [-0.3, -0.25) is 13.6 Å². The first-order valence-electron chi connectivity index (χ1n) is 6.57. The van der Waals surface area contributed by atoms with Crippen LogP contribution in [0, 0.1) is 0 Å². The third-order valence-electron chi connectivity index (χ3n) is 2.92. The topological polar surface area (TPSA) is 65.0 Å². The van der Waals surface area contributed by atoms with E-state index in [-0.39, 0.29) is 13.2 Å². The molecule has 120 valence electrons. The first-order chi connectivity index (χ1) is 10.5. The van der Waals surface area contributed by atoms with Crippen LogP contribution in [0.15, 0.2) is 49.6 Å². The van der Waals surface area contributed by atoms with Crippen molar-refractivity contribution in [3.8, 4) is 0 Å². The van der Waals surface area contributed by atoms with E-state index in [4.69, 9.17) is 13.6 Å². The summed E-state index contributed by atoms with van der Waals surface area (Å²) in [6.07, 6.45) is 5.16. The molecule has 0 aromatic heterocycles. The van der Waals surface area contributed by atoms with Crippen molar-refractivity contribution in [2.24, 2.45) is 0 Å². The van der Waals surface area contributed by atoms with E-state index in [2.05, 4.69) is 13.2 Å². The highest BCUT2D eigenvalue weighted by Crippen LogP contribution is 2.48. The minimum absolute atomic E-state index is 0.0261. The number of phosphoric acid groups is 1. The Kier molecular flexibility index (Phi) is 7.45. The third kappa shape index (κ3) is 5.05. The Morgan fingerprint density at radius 3 is 2.36 bits per heavy atom. The summed E-state index contributed by atoms with van der Waals surface area (Å²) in [6.45, 7) is 7.33. The van der Waals surface area contributed by atoms with E-state index in [0.717, 1.165) is 16.7 Å². The Labute approximate surface area is 131 Å². The van der Waals surface area contributed by atoms with Gasteiger partial charge >= 0.3 is 7.82 Å². The predicted molar refractivity (Wildman–Crippen MR) is 87.1 cm³/mol. The van der Waals surface area contributed by atoms with Gasteiger partial charge in [0.05, 0.1) is 13.2 Å². The molecule has 1 aromatic carbocycles. The molecule has 0 fully saturated rings. The Balaban J connectivity index is 3.10. The number of allylic oxidation sites excluding steroid dienone is 4. The quantitative estimate of drug-likeness (QED) is 0.552. The maximum atomic E-state index is 11.9. The van der Waals surface area contributed by atoms with Crippen LogP contribution in [0.2, 0.25) is 0 Å². The highest BCUT2D eigenvalue weighted by Gasteiger charge is 2.22. The fourth-order valence-corrected chi connectivity index (χ4v) is 2.51. The Morgan fingerprint density at radius 2 is 1.86 bits per heavy atom. The summed E-state index contributed by atoms with van der Waals surface area (Å²) in [5, 5.41) is 9.38. The van der Waals surface area contributed by atoms with Gasteiger partial charge in [-0.2, -0.15) is 0 Å². The molecule has 0 saturated heterocycles. The van der Waals surface area contributed by atoms with Crippen LogP contribution in [-0.4, -0.2) is 19.3 Å². The third-order valence-corrected chi connectivity index (χ3v) is 4.26. The fourth-order valence-electron chi connectivity index (χ4n) is 1.85. The van der Waals surface area contributed by atoms with E-state index in [9.17, 15) is 9.67 Å². The molecule has 0 saturated carbocycles. The standard InChI is InChI=1S/C16H21O5P/c1-5-7-15(6-2)16-9-13(11-17)8-14(10-16)12-21-22(18,19-3)20-4/h5-10,17H,1-2,11-12H2,3-4H3/b15-7+. The van der Waals surface area contributed by atoms with E-state index in [1.165, 1.54) is 14.2 Å². The molecule has 0 spiro atoms. The lowest BCUT2D eigenvalue weighted by molar-refractivity contribution is 0.145. The maximum Gasteiger partial charge on any atom is 0.474 e. The van der Waals surface area contributed by atoms with E-state index < -0.39 is 7.82 Å². The molecular formula is C16H21O5P. The second-order valence-electron chi connectivity index (χ2n) is 4.34. The van der Waals surface area contributed by atoms with Crippen molar-refractivity contribution in [3.05, 3.63) is 66.3 Å². The van der Waals surface area contributed by atoms with Crippen molar-refractivity contribution >= 4 is 13.4 Å². The predicted octanol–water partition coefficient (Wildman–Crippen LogP) is 3.85. The van der Waals surface area contributed by atoms with Crippen LogP contribution in [0.4, 0.5) is 0 Å². The molecule has 0 heterocycles. The molecule has 0 aliphatic carbocycles. The van der Waals surface area contributed by atoms with Crippen molar-refractivity contribution in [3.63, 3.8) is 0 Å². The first-order valence-corrected chi connectivity index (χ1v) is 8.03. The van der Waals surface area contributed by atoms with Gasteiger partial charge in [-0.15, -0.1) is 0 Å². The van der Waals surface area contributed by atoms with Gasteiger partial charge in [0.15, 0.2) is 0 Å². The second-order valence-corrected chi connectivity index (χ2v) is 6.23. The normalized spacial score (nSPS) is 12.2. The number of aliphatic hydroxyl groups excluding tert-OH is 1. The van der Waals surface area contributed by atoms with Crippen LogP contribution >= 0.6 is 7.82 Å². The highest BCUT2D eigenvalue weighted by atomic mass is 31.2. The molecule has 0 aliphatic heterocycles. The zero-order chi connectivity index (χ0) is 16.6. The lowest BCUT2D eigenvalue weighted by Gasteiger charge is -2.14. The smallest absolute Gasteiger partial charge is 0.392 e. The van der Waals surface area contributed by atoms with Gasteiger partial charge in [0.25, 0.3) is 0 Å². The van der Waals surface area contributed by atoms with Crippen LogP contribution in [0.1, 0.15) is 16.7 Å². The molecule has 1 aromatic rings. The molecule has 6 heteroatoms. The average molecular weight is 324 g/mol. The number of benzene rings is 1. The van der Waals surface area contributed by atoms with E-state index in [0.29, 0.717) is 5.56 Å². The van der Waals surface area contributed by atoms with Gasteiger partial charge < -0.3 is 5.11 Å². The number of phosphoric ester groups is 1. The molecule has 1 rings (SSSR count). The van der Waals surface area contributed by atoms with Crippen LogP contribution in [0.25, 0.3) is 5.57 Å². The largest absolute Gasteiger partial charge is 0.474 e. The van der Waals surface area contributed by atoms with Crippen LogP contribution in [0.5, 0.6) is 0 Å². The zero-order valence-electron chi connectivity index (χ0n) is 12.8. The molecule has 0 atom stereocenters. The molecule has 0 amide bonds. The van der Waals surface area contributed by atoms with E-state index in [1.54, 1.807) is 18.2 Å². The van der Waals surface area contributed by atoms with Crippen molar-refractivity contribution in [2.75, 3.05) is 14.2 Å². The molecule has 5 nitrogen and oxygen atoms in total. The summed E-state index contributed by atoms with van der Waals surface area (Å²) in [4.78, 5) is 0. The second kappa shape index (κ2) is 8.83. The molecule has 0 bridgehead atoms. The fraction of sp³-hybridized carbons (Fsp3) is 0.250. The summed E-state index contributed by atoms with van der Waals surface area (Å²) in [7, 11) is -1.04. The summed E-state index contributed by atoms with van der Waals surface area (Å²) in [5.74, 6) is 0. The lowest BCUT2D eigenvalue weighted by Crippen LogP contribution is -1.98. The van der Waals surface area contributed by atoms with Crippen molar-refractivity contribution < 1.29 is 23.2 Å². The van der Waals surface area contributed by atoms with E-state index >= 15 is 0 Å². The van der Waals surface area contributed by atoms with Gasteiger partial charge in [0.1, 0.15) is 0 Å². The van der Waals surface area contributed by atoms with Gasteiger partial charge in [-0.05, 0) is 34.4 Å². The monoisotopic (exact) mass is 324 g/mol. The maximum absolute atomic E-state index is 11.9. The lowest BCUT2D eigenvalue weighted by atomic mass is 10.00. The summed E-state index contributed by atoms with van der Waals surface area (Å²) >= 11 is 0. The number of aliphatic hydroxyl groups is 1. The van der Waals surface area contributed by atoms with Gasteiger partial charge in [0.2, 0.25) is 0 Å². The zero-order valence-corrected chi connectivity index (χ0v) is 13.7. The Bertz CT molecular complexity index is 599. The Morgan fingerprint density at radius 1 is 1.23 bits per heavy atom. The number of hydrogen-bond donors (Lipinski definition) is 1. The minimum Gasteiger partial charge on any atom is -0.392 e. The Hall–Kier alpha value is -1.49.